The SMILES string of the molecule is CC(Oc1cccc(C(C)(C)C)c1)C(=O)N(C)C1CC2CCC(C1)N2.Cl. The molecule has 1 aromatic rings. The fraction of sp³-hybridized carbons (Fsp3) is 0.667. The van der Waals surface area contributed by atoms with Crippen LogP contribution in [-0.4, -0.2) is 42.1 Å². The number of hydrogen-bond acceptors (Lipinski definition) is 3. The van der Waals surface area contributed by atoms with Crippen molar-refractivity contribution in [3.05, 3.63) is 29.8 Å². The topological polar surface area (TPSA) is 41.6 Å². The van der Waals surface area contributed by atoms with Crippen LogP contribution in [0.1, 0.15) is 58.9 Å². The highest BCUT2D eigenvalue weighted by Gasteiger charge is 2.37. The lowest BCUT2D eigenvalue weighted by atomic mass is 9.87. The second kappa shape index (κ2) is 8.18. The van der Waals surface area contributed by atoms with Crippen LogP contribution in [-0.2, 0) is 10.2 Å². The van der Waals surface area contributed by atoms with Crippen molar-refractivity contribution in [2.24, 2.45) is 0 Å². The molecule has 4 nitrogen and oxygen atoms in total. The highest BCUT2D eigenvalue weighted by Crippen LogP contribution is 2.30. The molecule has 3 atom stereocenters. The van der Waals surface area contributed by atoms with E-state index in [4.69, 9.17) is 4.74 Å². The Morgan fingerprint density at radius 3 is 2.42 bits per heavy atom. The van der Waals surface area contributed by atoms with Crippen LogP contribution in [0.15, 0.2) is 24.3 Å². The fourth-order valence-electron chi connectivity index (χ4n) is 4.10. The van der Waals surface area contributed by atoms with Crippen molar-refractivity contribution in [3.63, 3.8) is 0 Å². The number of halogens is 1. The van der Waals surface area contributed by atoms with Crippen molar-refractivity contribution >= 4 is 18.3 Å². The minimum absolute atomic E-state index is 0. The first kappa shape index (κ1) is 21.0. The molecule has 2 saturated heterocycles. The third kappa shape index (κ3) is 4.72. The van der Waals surface area contributed by atoms with E-state index in [1.54, 1.807) is 0 Å². The number of carbonyl (C=O) groups excluding carboxylic acids is 1. The first-order chi connectivity index (χ1) is 11.7. The number of rotatable bonds is 4. The first-order valence-corrected chi connectivity index (χ1v) is 9.54. The second-order valence-corrected chi connectivity index (χ2v) is 8.75. The van der Waals surface area contributed by atoms with Gasteiger partial charge < -0.3 is 15.0 Å². The van der Waals surface area contributed by atoms with Crippen LogP contribution in [0.3, 0.4) is 0 Å². The van der Waals surface area contributed by atoms with Gasteiger partial charge >= 0.3 is 0 Å². The molecular formula is C21H33ClN2O2. The van der Waals surface area contributed by atoms with Crippen LogP contribution in [0.5, 0.6) is 5.75 Å². The third-order valence-corrected chi connectivity index (χ3v) is 5.70. The van der Waals surface area contributed by atoms with E-state index in [1.807, 2.05) is 31.0 Å². The van der Waals surface area contributed by atoms with Crippen molar-refractivity contribution in [1.29, 1.82) is 0 Å². The lowest BCUT2D eigenvalue weighted by molar-refractivity contribution is -0.139. The number of benzene rings is 1. The quantitative estimate of drug-likeness (QED) is 0.860. The van der Waals surface area contributed by atoms with Crippen molar-refractivity contribution in [1.82, 2.24) is 10.2 Å². The Morgan fingerprint density at radius 2 is 1.85 bits per heavy atom. The van der Waals surface area contributed by atoms with Gasteiger partial charge in [0.15, 0.2) is 6.10 Å². The first-order valence-electron chi connectivity index (χ1n) is 9.54. The van der Waals surface area contributed by atoms with Gasteiger partial charge in [-0.2, -0.15) is 0 Å². The molecule has 2 aliphatic heterocycles. The average molecular weight is 381 g/mol. The van der Waals surface area contributed by atoms with Gasteiger partial charge in [0.1, 0.15) is 5.75 Å². The summed E-state index contributed by atoms with van der Waals surface area (Å²) in [5.74, 6) is 0.847. The van der Waals surface area contributed by atoms with Gasteiger partial charge in [0.25, 0.3) is 5.91 Å². The second-order valence-electron chi connectivity index (χ2n) is 8.75. The molecule has 2 fully saturated rings. The standard InChI is InChI=1S/C21H32N2O2.ClH/c1-14(25-19-8-6-7-15(11-19)21(2,3)4)20(24)23(5)18-12-16-9-10-17(13-18)22-16;/h6-8,11,14,16-18,22H,9-10,12-13H2,1-5H3;1H. The Morgan fingerprint density at radius 1 is 1.23 bits per heavy atom. The maximum absolute atomic E-state index is 12.8. The molecule has 0 spiro atoms. The number of fused-ring (bicyclic) bond motifs is 2. The van der Waals surface area contributed by atoms with Crippen molar-refractivity contribution < 1.29 is 9.53 Å². The summed E-state index contributed by atoms with van der Waals surface area (Å²) < 4.78 is 5.99. The van der Waals surface area contributed by atoms with Gasteiger partial charge in [-0.15, -0.1) is 12.4 Å². The number of piperidine rings is 1. The van der Waals surface area contributed by atoms with Crippen LogP contribution in [0.2, 0.25) is 0 Å². The highest BCUT2D eigenvalue weighted by atomic mass is 35.5. The molecule has 3 unspecified atom stereocenters. The van der Waals surface area contributed by atoms with Gasteiger partial charge in [0.2, 0.25) is 0 Å². The molecule has 0 aliphatic carbocycles. The van der Waals surface area contributed by atoms with Crippen molar-refractivity contribution in [2.75, 3.05) is 7.05 Å². The maximum Gasteiger partial charge on any atom is 0.263 e. The zero-order chi connectivity index (χ0) is 18.2. The lowest BCUT2D eigenvalue weighted by Gasteiger charge is -2.36. The summed E-state index contributed by atoms with van der Waals surface area (Å²) in [6, 6.07) is 9.59. The van der Waals surface area contributed by atoms with Gasteiger partial charge in [-0.3, -0.25) is 4.79 Å². The molecule has 1 N–H and O–H groups in total. The maximum atomic E-state index is 12.8. The summed E-state index contributed by atoms with van der Waals surface area (Å²) in [5.41, 5.74) is 1.28. The Hall–Kier alpha value is -1.26. The third-order valence-electron chi connectivity index (χ3n) is 5.70. The van der Waals surface area contributed by atoms with Gasteiger partial charge in [-0.25, -0.2) is 0 Å². The number of likely N-dealkylation sites (N-methyl/N-ethyl adjacent to an activating group) is 1. The van der Waals surface area contributed by atoms with E-state index in [1.165, 1.54) is 18.4 Å². The predicted octanol–water partition coefficient (Wildman–Crippen LogP) is 3.91. The molecule has 0 aromatic heterocycles. The summed E-state index contributed by atoms with van der Waals surface area (Å²) in [4.78, 5) is 14.8. The summed E-state index contributed by atoms with van der Waals surface area (Å²) in [7, 11) is 1.93. The predicted molar refractivity (Wildman–Crippen MR) is 108 cm³/mol. The number of nitrogens with one attached hydrogen (secondary N) is 1. The molecule has 5 heteroatoms. The molecule has 2 bridgehead atoms. The van der Waals surface area contributed by atoms with Crippen molar-refractivity contribution in [2.45, 2.75) is 83.0 Å². The van der Waals surface area contributed by atoms with E-state index in [2.05, 4.69) is 38.2 Å². The highest BCUT2D eigenvalue weighted by molar-refractivity contribution is 5.85. The van der Waals surface area contributed by atoms with E-state index in [0.29, 0.717) is 18.1 Å². The van der Waals surface area contributed by atoms with Crippen LogP contribution >= 0.6 is 12.4 Å². The molecule has 3 rings (SSSR count). The van der Waals surface area contributed by atoms with E-state index >= 15 is 0 Å². The number of carbonyl (C=O) groups is 1. The van der Waals surface area contributed by atoms with Gasteiger partial charge in [-0.05, 0) is 55.7 Å². The summed E-state index contributed by atoms with van der Waals surface area (Å²) in [6.07, 6.45) is 4.15. The van der Waals surface area contributed by atoms with Crippen LogP contribution in [0.4, 0.5) is 0 Å². The monoisotopic (exact) mass is 380 g/mol. The zero-order valence-corrected chi connectivity index (χ0v) is 17.4. The minimum Gasteiger partial charge on any atom is -0.481 e. The molecule has 1 aromatic carbocycles. The van der Waals surface area contributed by atoms with Gasteiger partial charge in [0.05, 0.1) is 0 Å². The number of nitrogens with zero attached hydrogens (tertiary/aromatic N) is 1. The minimum atomic E-state index is -0.465. The smallest absolute Gasteiger partial charge is 0.263 e. The van der Waals surface area contributed by atoms with E-state index in [-0.39, 0.29) is 23.7 Å². The Bertz CT molecular complexity index is 617. The number of ether oxygens (including phenoxy) is 1. The average Bonchev–Trinajstić information content (AvgIpc) is 2.91. The molecule has 146 valence electrons. The molecule has 26 heavy (non-hydrogen) atoms. The van der Waals surface area contributed by atoms with E-state index < -0.39 is 6.10 Å². The normalized spacial score (nSPS) is 26.0. The van der Waals surface area contributed by atoms with Gasteiger partial charge in [-0.1, -0.05) is 32.9 Å². The summed E-state index contributed by atoms with van der Waals surface area (Å²) in [5, 5.41) is 3.63. The van der Waals surface area contributed by atoms with E-state index in [0.717, 1.165) is 18.6 Å². The molecular weight excluding hydrogens is 348 g/mol. The van der Waals surface area contributed by atoms with Gasteiger partial charge in [0, 0.05) is 25.2 Å². The molecule has 0 radical (unpaired) electrons. The zero-order valence-electron chi connectivity index (χ0n) is 16.6. The summed E-state index contributed by atoms with van der Waals surface area (Å²) in [6.45, 7) is 8.40. The number of hydrogen-bond donors (Lipinski definition) is 1. The Balaban J connectivity index is 0.00000243. The molecule has 2 aliphatic rings. The van der Waals surface area contributed by atoms with Crippen LogP contribution in [0, 0.1) is 0 Å². The largest absolute Gasteiger partial charge is 0.481 e. The molecule has 2 heterocycles. The molecule has 1 amide bonds. The Labute approximate surface area is 164 Å². The Kier molecular flexibility index (Phi) is 6.62. The lowest BCUT2D eigenvalue weighted by Crippen LogP contribution is -2.51. The summed E-state index contributed by atoms with van der Waals surface area (Å²) >= 11 is 0. The van der Waals surface area contributed by atoms with Crippen LogP contribution in [0.25, 0.3) is 0 Å². The number of amides is 1. The van der Waals surface area contributed by atoms with E-state index in [9.17, 15) is 4.79 Å². The van der Waals surface area contributed by atoms with Crippen molar-refractivity contribution in [3.8, 4) is 5.75 Å². The fourth-order valence-corrected chi connectivity index (χ4v) is 4.10. The molecule has 0 saturated carbocycles. The van der Waals surface area contributed by atoms with Crippen LogP contribution < -0.4 is 10.1 Å².